The highest BCUT2D eigenvalue weighted by atomic mass is 16.2. The molecule has 3 rings (SSSR count). The molecule has 8 heteroatoms. The average Bonchev–Trinajstić information content (AvgIpc) is 3.25. The molecule has 1 saturated heterocycles. The van der Waals surface area contributed by atoms with Gasteiger partial charge in [0.1, 0.15) is 0 Å². The number of likely N-dealkylation sites (N-methyl/N-ethyl adjacent to an activating group) is 1. The van der Waals surface area contributed by atoms with Crippen molar-refractivity contribution in [3.05, 3.63) is 47.8 Å². The number of aromatic amines is 1. The Bertz CT molecular complexity index is 761. The van der Waals surface area contributed by atoms with Gasteiger partial charge in [0.25, 0.3) is 5.91 Å². The van der Waals surface area contributed by atoms with Crippen molar-refractivity contribution >= 4 is 11.8 Å². The fourth-order valence-corrected chi connectivity index (χ4v) is 3.29. The fraction of sp³-hybridized carbons (Fsp3) is 0.444. The summed E-state index contributed by atoms with van der Waals surface area (Å²) in [4.78, 5) is 38.1. The summed E-state index contributed by atoms with van der Waals surface area (Å²) < 4.78 is 0. The molecule has 26 heavy (non-hydrogen) atoms. The minimum Gasteiger partial charge on any atom is -0.355 e. The highest BCUT2D eigenvalue weighted by molar-refractivity contribution is 5.90. The van der Waals surface area contributed by atoms with E-state index in [9.17, 15) is 9.59 Å². The van der Waals surface area contributed by atoms with Crippen LogP contribution in [0.25, 0.3) is 0 Å². The van der Waals surface area contributed by atoms with E-state index in [0.717, 1.165) is 11.4 Å². The Morgan fingerprint density at radius 3 is 2.92 bits per heavy atom. The minimum atomic E-state index is -0.292. The lowest BCUT2D eigenvalue weighted by atomic mass is 10.1. The third-order valence-corrected chi connectivity index (χ3v) is 4.42. The van der Waals surface area contributed by atoms with Gasteiger partial charge in [-0.2, -0.15) is 0 Å². The van der Waals surface area contributed by atoms with Crippen LogP contribution in [0.5, 0.6) is 0 Å². The molecule has 0 aliphatic carbocycles. The number of hydrogen-bond donors (Lipinski definition) is 3. The van der Waals surface area contributed by atoms with Crippen LogP contribution in [0.2, 0.25) is 0 Å². The molecule has 1 aliphatic heterocycles. The van der Waals surface area contributed by atoms with Crippen LogP contribution >= 0.6 is 0 Å². The molecule has 0 spiro atoms. The molecule has 3 N–H and O–H groups in total. The zero-order chi connectivity index (χ0) is 18.5. The Morgan fingerprint density at radius 2 is 2.23 bits per heavy atom. The lowest BCUT2D eigenvalue weighted by molar-refractivity contribution is -0.125. The quantitative estimate of drug-likeness (QED) is 0.704. The van der Waals surface area contributed by atoms with Crippen LogP contribution < -0.4 is 10.6 Å². The Balaban J connectivity index is 1.70. The highest BCUT2D eigenvalue weighted by Gasteiger charge is 2.37. The molecule has 2 atom stereocenters. The van der Waals surface area contributed by atoms with Gasteiger partial charge in [0.05, 0.1) is 11.7 Å². The number of imidazole rings is 1. The van der Waals surface area contributed by atoms with E-state index in [1.807, 2.05) is 32.0 Å². The molecule has 0 bridgehead atoms. The van der Waals surface area contributed by atoms with Crippen molar-refractivity contribution in [1.82, 2.24) is 30.5 Å². The summed E-state index contributed by atoms with van der Waals surface area (Å²) in [6.45, 7) is 5.58. The summed E-state index contributed by atoms with van der Waals surface area (Å²) in [5, 5.41) is 5.84. The number of carbonyl (C=O) groups is 2. The number of nitrogens with one attached hydrogen (secondary N) is 3. The topological polar surface area (TPSA) is 103 Å². The molecule has 2 aromatic rings. The zero-order valence-corrected chi connectivity index (χ0v) is 15.0. The number of rotatable bonds is 6. The van der Waals surface area contributed by atoms with Crippen molar-refractivity contribution < 1.29 is 9.59 Å². The van der Waals surface area contributed by atoms with Crippen LogP contribution in [0.3, 0.4) is 0 Å². The minimum absolute atomic E-state index is 0.0186. The number of aryl methyl sites for hydroxylation is 1. The average molecular weight is 356 g/mol. The van der Waals surface area contributed by atoms with Crippen LogP contribution in [0.1, 0.15) is 35.4 Å². The molecular formula is C18H24N6O2. The van der Waals surface area contributed by atoms with Crippen molar-refractivity contribution in [2.75, 3.05) is 13.1 Å². The lowest BCUT2D eigenvalue weighted by Crippen LogP contribution is -2.42. The molecular weight excluding hydrogens is 332 g/mol. The third kappa shape index (κ3) is 4.26. The number of carbonyl (C=O) groups excluding carboxylic acids is 2. The van der Waals surface area contributed by atoms with Gasteiger partial charge in [-0.05, 0) is 32.4 Å². The normalized spacial score (nSPS) is 20.1. The second-order valence-corrected chi connectivity index (χ2v) is 6.45. The fourth-order valence-electron chi connectivity index (χ4n) is 3.29. The van der Waals surface area contributed by atoms with E-state index in [2.05, 4.69) is 30.5 Å². The van der Waals surface area contributed by atoms with Gasteiger partial charge in [-0.1, -0.05) is 6.07 Å². The molecule has 0 saturated carbocycles. The van der Waals surface area contributed by atoms with Gasteiger partial charge in [0, 0.05) is 43.8 Å². The second-order valence-electron chi connectivity index (χ2n) is 6.45. The Hall–Kier alpha value is -2.74. The van der Waals surface area contributed by atoms with Gasteiger partial charge in [-0.3, -0.25) is 19.5 Å². The maximum absolute atomic E-state index is 12.5. The first-order chi connectivity index (χ1) is 12.6. The van der Waals surface area contributed by atoms with Crippen LogP contribution in [0.4, 0.5) is 0 Å². The Morgan fingerprint density at radius 1 is 1.38 bits per heavy atom. The van der Waals surface area contributed by atoms with Gasteiger partial charge in [0.2, 0.25) is 5.91 Å². The number of pyridine rings is 1. The Kier molecular flexibility index (Phi) is 5.62. The van der Waals surface area contributed by atoms with Gasteiger partial charge in [-0.25, -0.2) is 4.98 Å². The predicted octanol–water partition coefficient (Wildman–Crippen LogP) is 0.622. The van der Waals surface area contributed by atoms with Gasteiger partial charge < -0.3 is 15.6 Å². The first-order valence-electron chi connectivity index (χ1n) is 8.81. The summed E-state index contributed by atoms with van der Waals surface area (Å²) in [5.41, 5.74) is 1.86. The molecule has 1 aliphatic rings. The summed E-state index contributed by atoms with van der Waals surface area (Å²) >= 11 is 0. The summed E-state index contributed by atoms with van der Waals surface area (Å²) in [6, 6.07) is 5.45. The third-order valence-electron chi connectivity index (χ3n) is 4.42. The molecule has 0 radical (unpaired) electrons. The van der Waals surface area contributed by atoms with E-state index in [1.165, 1.54) is 6.20 Å². The van der Waals surface area contributed by atoms with E-state index in [-0.39, 0.29) is 29.7 Å². The number of amides is 2. The van der Waals surface area contributed by atoms with E-state index in [0.29, 0.717) is 26.1 Å². The van der Waals surface area contributed by atoms with Gasteiger partial charge in [0.15, 0.2) is 5.82 Å². The largest absolute Gasteiger partial charge is 0.355 e. The molecule has 0 unspecified atom stereocenters. The van der Waals surface area contributed by atoms with E-state index in [4.69, 9.17) is 0 Å². The van der Waals surface area contributed by atoms with Crippen LogP contribution in [0.15, 0.2) is 30.6 Å². The van der Waals surface area contributed by atoms with Crippen molar-refractivity contribution in [1.29, 1.82) is 0 Å². The number of H-pyrrole nitrogens is 1. The van der Waals surface area contributed by atoms with Crippen LogP contribution in [-0.2, 0) is 11.3 Å². The molecule has 138 valence electrons. The van der Waals surface area contributed by atoms with Crippen LogP contribution in [0, 0.1) is 6.92 Å². The predicted molar refractivity (Wildman–Crippen MR) is 96.3 cm³/mol. The zero-order valence-electron chi connectivity index (χ0n) is 15.0. The SMILES string of the molecule is CCNC(=O)[C@@H]1C[C@H](NC(=O)c2ncc[nH]2)CN1Cc1cccc(C)n1. The number of hydrogen-bond acceptors (Lipinski definition) is 5. The molecule has 3 heterocycles. The Labute approximate surface area is 152 Å². The van der Waals surface area contributed by atoms with Crippen LogP contribution in [-0.4, -0.2) is 56.8 Å². The smallest absolute Gasteiger partial charge is 0.287 e. The summed E-state index contributed by atoms with van der Waals surface area (Å²) in [6.07, 6.45) is 3.71. The molecule has 2 aromatic heterocycles. The summed E-state index contributed by atoms with van der Waals surface area (Å²) in [5.74, 6) is -0.00144. The molecule has 0 aromatic carbocycles. The second kappa shape index (κ2) is 8.09. The monoisotopic (exact) mass is 356 g/mol. The van der Waals surface area contributed by atoms with E-state index >= 15 is 0 Å². The van der Waals surface area contributed by atoms with E-state index in [1.54, 1.807) is 6.20 Å². The van der Waals surface area contributed by atoms with E-state index < -0.39 is 0 Å². The van der Waals surface area contributed by atoms with Gasteiger partial charge in [-0.15, -0.1) is 0 Å². The van der Waals surface area contributed by atoms with Crippen molar-refractivity contribution in [3.63, 3.8) is 0 Å². The summed E-state index contributed by atoms with van der Waals surface area (Å²) in [7, 11) is 0. The van der Waals surface area contributed by atoms with Gasteiger partial charge >= 0.3 is 0 Å². The van der Waals surface area contributed by atoms with Crippen molar-refractivity contribution in [2.45, 2.75) is 38.9 Å². The maximum atomic E-state index is 12.5. The molecule has 1 fully saturated rings. The lowest BCUT2D eigenvalue weighted by Gasteiger charge is -2.22. The number of aromatic nitrogens is 3. The number of likely N-dealkylation sites (tertiary alicyclic amines) is 1. The first-order valence-corrected chi connectivity index (χ1v) is 8.81. The number of nitrogens with zero attached hydrogens (tertiary/aromatic N) is 3. The molecule has 2 amide bonds. The maximum Gasteiger partial charge on any atom is 0.287 e. The highest BCUT2D eigenvalue weighted by Crippen LogP contribution is 2.21. The van der Waals surface area contributed by atoms with Crippen molar-refractivity contribution in [2.24, 2.45) is 0 Å². The van der Waals surface area contributed by atoms with Crippen molar-refractivity contribution in [3.8, 4) is 0 Å². The standard InChI is InChI=1S/C18H24N6O2/c1-3-19-17(25)15-9-14(23-18(26)16-20-7-8-21-16)11-24(15)10-13-6-4-5-12(2)22-13/h4-8,14-15H,3,9-11H2,1-2H3,(H,19,25)(H,20,21)(H,23,26)/t14-,15-/m0/s1. The molecule has 8 nitrogen and oxygen atoms in total. The first kappa shape index (κ1) is 18.1.